The smallest absolute Gasteiger partial charge is 0.265 e. The van der Waals surface area contributed by atoms with Gasteiger partial charge < -0.3 is 20.7 Å². The number of fused-ring (bicyclic) bond motifs is 3. The maximum Gasteiger partial charge on any atom is 0.265 e. The Morgan fingerprint density at radius 3 is 3.11 bits per heavy atom. The number of carbonyl (C=O) groups is 2. The van der Waals surface area contributed by atoms with Crippen molar-refractivity contribution in [2.75, 3.05) is 32.0 Å². The van der Waals surface area contributed by atoms with Gasteiger partial charge >= 0.3 is 0 Å². The minimum absolute atomic E-state index is 0.0402. The molecule has 7 nitrogen and oxygen atoms in total. The fourth-order valence-corrected chi connectivity index (χ4v) is 2.99. The summed E-state index contributed by atoms with van der Waals surface area (Å²) in [5.41, 5.74) is 5.54. The van der Waals surface area contributed by atoms with Crippen molar-refractivity contribution in [2.45, 2.75) is 6.04 Å². The van der Waals surface area contributed by atoms with Crippen LogP contribution in [0, 0.1) is 5.92 Å². The summed E-state index contributed by atoms with van der Waals surface area (Å²) < 4.78 is 5.42. The van der Waals surface area contributed by atoms with Crippen molar-refractivity contribution in [1.82, 2.24) is 15.2 Å². The van der Waals surface area contributed by atoms with E-state index >= 15 is 0 Å². The van der Waals surface area contributed by atoms with Crippen LogP contribution in [0.3, 0.4) is 0 Å². The van der Waals surface area contributed by atoms with E-state index in [9.17, 15) is 9.59 Å². The Labute approximate surface area is 113 Å². The predicted molar refractivity (Wildman–Crippen MR) is 68.7 cm³/mol. The first-order valence-corrected chi connectivity index (χ1v) is 6.84. The SMILES string of the molecule is Nc1ncc(C(=O)N2C[C@H]3COC[C@@H](C2)C(=O)N3)s1. The van der Waals surface area contributed by atoms with Gasteiger partial charge in [0.2, 0.25) is 5.91 Å². The summed E-state index contributed by atoms with van der Waals surface area (Å²) in [6, 6.07) is -0.144. The molecule has 0 aromatic carbocycles. The van der Waals surface area contributed by atoms with E-state index in [0.717, 1.165) is 11.3 Å². The molecule has 0 spiro atoms. The number of hydrogen-bond acceptors (Lipinski definition) is 6. The van der Waals surface area contributed by atoms with Crippen LogP contribution in [0.15, 0.2) is 6.20 Å². The minimum Gasteiger partial charge on any atom is -0.378 e. The lowest BCUT2D eigenvalue weighted by Crippen LogP contribution is -2.44. The molecule has 2 atom stereocenters. The molecule has 1 aromatic heterocycles. The Kier molecular flexibility index (Phi) is 3.11. The van der Waals surface area contributed by atoms with E-state index in [-0.39, 0.29) is 23.8 Å². The number of nitrogens with zero attached hydrogens (tertiary/aromatic N) is 2. The van der Waals surface area contributed by atoms with Gasteiger partial charge in [-0.05, 0) is 0 Å². The van der Waals surface area contributed by atoms with Crippen LogP contribution in [0.4, 0.5) is 5.13 Å². The summed E-state index contributed by atoms with van der Waals surface area (Å²) in [4.78, 5) is 30.3. The predicted octanol–water partition coefficient (Wildman–Crippen LogP) is -0.688. The molecule has 8 heteroatoms. The van der Waals surface area contributed by atoms with Gasteiger partial charge in [0, 0.05) is 13.1 Å². The van der Waals surface area contributed by atoms with E-state index in [1.807, 2.05) is 0 Å². The van der Waals surface area contributed by atoms with Crippen LogP contribution >= 0.6 is 11.3 Å². The number of anilines is 1. The Morgan fingerprint density at radius 2 is 2.37 bits per heavy atom. The van der Waals surface area contributed by atoms with Crippen LogP contribution in [0.5, 0.6) is 0 Å². The molecule has 2 fully saturated rings. The third kappa shape index (κ3) is 2.41. The fraction of sp³-hybridized carbons (Fsp3) is 0.545. The second-order valence-electron chi connectivity index (χ2n) is 4.71. The maximum atomic E-state index is 12.4. The highest BCUT2D eigenvalue weighted by molar-refractivity contribution is 7.17. The van der Waals surface area contributed by atoms with E-state index < -0.39 is 0 Å². The van der Waals surface area contributed by atoms with Crippen LogP contribution < -0.4 is 11.1 Å². The first-order valence-electron chi connectivity index (χ1n) is 6.02. The van der Waals surface area contributed by atoms with Crippen molar-refractivity contribution in [3.05, 3.63) is 11.1 Å². The minimum atomic E-state index is -0.304. The molecule has 2 aliphatic heterocycles. The highest BCUT2D eigenvalue weighted by atomic mass is 32.1. The average Bonchev–Trinajstić information content (AvgIpc) is 2.62. The number of nitrogens with one attached hydrogen (secondary N) is 1. The van der Waals surface area contributed by atoms with Gasteiger partial charge in [-0.3, -0.25) is 9.59 Å². The van der Waals surface area contributed by atoms with Crippen LogP contribution in [-0.2, 0) is 9.53 Å². The van der Waals surface area contributed by atoms with Gasteiger partial charge in [0.05, 0.1) is 31.4 Å². The third-order valence-electron chi connectivity index (χ3n) is 3.26. The van der Waals surface area contributed by atoms with Gasteiger partial charge in [-0.1, -0.05) is 11.3 Å². The Balaban J connectivity index is 1.81. The van der Waals surface area contributed by atoms with Gasteiger partial charge in [-0.15, -0.1) is 0 Å². The number of ether oxygens (including phenoxy) is 1. The molecule has 19 heavy (non-hydrogen) atoms. The molecule has 0 aliphatic carbocycles. The number of carbonyl (C=O) groups excluding carboxylic acids is 2. The summed E-state index contributed by atoms with van der Waals surface area (Å²) in [5.74, 6) is -0.467. The molecule has 3 rings (SSSR count). The number of hydrogen-bond donors (Lipinski definition) is 2. The molecular formula is C11H14N4O3S. The number of thiazole rings is 1. The zero-order chi connectivity index (χ0) is 13.4. The molecule has 2 amide bonds. The van der Waals surface area contributed by atoms with E-state index in [4.69, 9.17) is 10.5 Å². The molecule has 3 N–H and O–H groups in total. The van der Waals surface area contributed by atoms with E-state index in [1.54, 1.807) is 4.90 Å². The van der Waals surface area contributed by atoms with Gasteiger partial charge in [-0.25, -0.2) is 4.98 Å². The van der Waals surface area contributed by atoms with Gasteiger partial charge in [0.1, 0.15) is 4.88 Å². The maximum absolute atomic E-state index is 12.4. The fourth-order valence-electron chi connectivity index (χ4n) is 2.34. The number of nitrogens with two attached hydrogens (primary N) is 1. The average molecular weight is 282 g/mol. The largest absolute Gasteiger partial charge is 0.378 e. The summed E-state index contributed by atoms with van der Waals surface area (Å²) >= 11 is 1.16. The molecular weight excluding hydrogens is 268 g/mol. The molecule has 1 aromatic rings. The second-order valence-corrected chi connectivity index (χ2v) is 5.78. The normalized spacial score (nSPS) is 26.7. The highest BCUT2D eigenvalue weighted by Crippen LogP contribution is 2.20. The molecule has 0 unspecified atom stereocenters. The lowest BCUT2D eigenvalue weighted by Gasteiger charge is -2.27. The second kappa shape index (κ2) is 4.78. The molecule has 2 saturated heterocycles. The number of amides is 2. The molecule has 102 valence electrons. The van der Waals surface area contributed by atoms with Crippen LogP contribution in [-0.4, -0.2) is 54.0 Å². The van der Waals surface area contributed by atoms with E-state index in [0.29, 0.717) is 36.3 Å². The summed E-state index contributed by atoms with van der Waals surface area (Å²) in [6.45, 7) is 1.63. The Morgan fingerprint density at radius 1 is 1.53 bits per heavy atom. The van der Waals surface area contributed by atoms with Gasteiger partial charge in [-0.2, -0.15) is 0 Å². The van der Waals surface area contributed by atoms with Crippen molar-refractivity contribution in [2.24, 2.45) is 5.92 Å². The van der Waals surface area contributed by atoms with E-state index in [2.05, 4.69) is 10.3 Å². The van der Waals surface area contributed by atoms with Crippen LogP contribution in [0.1, 0.15) is 9.67 Å². The molecule has 2 bridgehead atoms. The van der Waals surface area contributed by atoms with Crippen molar-refractivity contribution >= 4 is 28.3 Å². The standard InChI is InChI=1S/C11H14N4O3S/c12-11-13-1-8(19-11)10(17)15-2-6-4-18-5-7(3-15)14-9(6)16/h1,6-7H,2-5H2,(H2,12,13)(H,14,16)/t6-,7+/m1/s1. The highest BCUT2D eigenvalue weighted by Gasteiger charge is 2.35. The molecule has 3 heterocycles. The van der Waals surface area contributed by atoms with Crippen molar-refractivity contribution in [1.29, 1.82) is 0 Å². The van der Waals surface area contributed by atoms with Crippen LogP contribution in [0.2, 0.25) is 0 Å². The quantitative estimate of drug-likeness (QED) is 0.710. The summed E-state index contributed by atoms with van der Waals surface area (Å²) in [5, 5.41) is 3.26. The van der Waals surface area contributed by atoms with Gasteiger partial charge in [0.25, 0.3) is 5.91 Å². The van der Waals surface area contributed by atoms with Gasteiger partial charge in [0.15, 0.2) is 5.13 Å². The van der Waals surface area contributed by atoms with Crippen molar-refractivity contribution in [3.63, 3.8) is 0 Å². The van der Waals surface area contributed by atoms with Crippen molar-refractivity contribution in [3.8, 4) is 0 Å². The summed E-state index contributed by atoms with van der Waals surface area (Å²) in [7, 11) is 0. The molecule has 2 aliphatic rings. The lowest BCUT2D eigenvalue weighted by atomic mass is 10.1. The monoisotopic (exact) mass is 282 g/mol. The molecule has 0 saturated carbocycles. The Hall–Kier alpha value is -1.67. The van der Waals surface area contributed by atoms with E-state index in [1.165, 1.54) is 6.20 Å². The molecule has 0 radical (unpaired) electrons. The zero-order valence-electron chi connectivity index (χ0n) is 10.2. The van der Waals surface area contributed by atoms with Crippen LogP contribution in [0.25, 0.3) is 0 Å². The summed E-state index contributed by atoms with van der Waals surface area (Å²) in [6.07, 6.45) is 1.48. The Bertz CT molecular complexity index is 518. The van der Waals surface area contributed by atoms with Crippen molar-refractivity contribution < 1.29 is 14.3 Å². The number of nitrogen functional groups attached to an aromatic ring is 1. The third-order valence-corrected chi connectivity index (χ3v) is 4.07. The number of aromatic nitrogens is 1. The lowest BCUT2D eigenvalue weighted by molar-refractivity contribution is -0.125. The topological polar surface area (TPSA) is 97.6 Å². The first kappa shape index (κ1) is 12.4. The number of rotatable bonds is 1. The zero-order valence-corrected chi connectivity index (χ0v) is 11.0. The first-order chi connectivity index (χ1) is 9.13.